The Bertz CT molecular complexity index is 576. The first kappa shape index (κ1) is 15.1. The number of alkyl halides is 1. The minimum atomic E-state index is -2.38. The fourth-order valence-electron chi connectivity index (χ4n) is 2.27. The average molecular weight is 297 g/mol. The van der Waals surface area contributed by atoms with Crippen LogP contribution in [0.1, 0.15) is 16.8 Å². The molecule has 114 valence electrons. The molecular weight excluding hydrogens is 281 g/mol. The molecule has 0 aromatic heterocycles. The molecule has 0 bridgehead atoms. The molecule has 1 fully saturated rings. The Morgan fingerprint density at radius 1 is 1.33 bits per heavy atom. The molecule has 0 saturated carbocycles. The molecule has 6 nitrogen and oxygen atoms in total. The van der Waals surface area contributed by atoms with Crippen LogP contribution in [0.25, 0.3) is 0 Å². The van der Waals surface area contributed by atoms with Crippen LogP contribution < -0.4 is 9.47 Å². The Labute approximate surface area is 121 Å². The van der Waals surface area contributed by atoms with Gasteiger partial charge in [-0.05, 0) is 12.1 Å². The molecule has 1 unspecified atom stereocenters. The summed E-state index contributed by atoms with van der Waals surface area (Å²) in [7, 11) is 2.90. The van der Waals surface area contributed by atoms with E-state index in [1.807, 2.05) is 0 Å². The van der Waals surface area contributed by atoms with Crippen LogP contribution in [0.2, 0.25) is 0 Å². The summed E-state index contributed by atoms with van der Waals surface area (Å²) in [4.78, 5) is 24.4. The molecule has 0 aliphatic carbocycles. The normalized spacial score (nSPS) is 21.2. The maximum absolute atomic E-state index is 14.0. The second-order valence-electron chi connectivity index (χ2n) is 4.81. The molecule has 1 aromatic carbocycles. The zero-order valence-electron chi connectivity index (χ0n) is 11.8. The molecule has 0 radical (unpaired) electrons. The first-order chi connectivity index (χ1) is 9.91. The van der Waals surface area contributed by atoms with Gasteiger partial charge in [0.25, 0.3) is 5.91 Å². The zero-order chi connectivity index (χ0) is 15.6. The molecule has 21 heavy (non-hydrogen) atoms. The number of likely N-dealkylation sites (tertiary alicyclic amines) is 1. The summed E-state index contributed by atoms with van der Waals surface area (Å²) >= 11 is 0. The van der Waals surface area contributed by atoms with Gasteiger partial charge in [-0.3, -0.25) is 4.79 Å². The van der Waals surface area contributed by atoms with Crippen molar-refractivity contribution in [2.75, 3.05) is 27.3 Å². The summed E-state index contributed by atoms with van der Waals surface area (Å²) in [5, 5.41) is 8.86. The molecule has 1 amide bonds. The largest absolute Gasteiger partial charge is 0.497 e. The molecule has 1 aliphatic rings. The summed E-state index contributed by atoms with van der Waals surface area (Å²) in [6.07, 6.45) is -0.216. The third-order valence-corrected chi connectivity index (χ3v) is 3.53. The van der Waals surface area contributed by atoms with Crippen molar-refractivity contribution in [3.8, 4) is 11.5 Å². The Balaban J connectivity index is 2.24. The van der Waals surface area contributed by atoms with E-state index in [2.05, 4.69) is 0 Å². The number of carboxylic acid groups (broad SMARTS) is 1. The zero-order valence-corrected chi connectivity index (χ0v) is 11.8. The van der Waals surface area contributed by atoms with Crippen LogP contribution in [0.5, 0.6) is 11.5 Å². The first-order valence-electron chi connectivity index (χ1n) is 6.35. The third kappa shape index (κ3) is 2.76. The lowest BCUT2D eigenvalue weighted by atomic mass is 10.1. The van der Waals surface area contributed by atoms with Gasteiger partial charge in [0.2, 0.25) is 5.67 Å². The number of benzene rings is 1. The number of carboxylic acids is 1. The van der Waals surface area contributed by atoms with Gasteiger partial charge in [-0.25, -0.2) is 9.18 Å². The van der Waals surface area contributed by atoms with E-state index in [9.17, 15) is 14.0 Å². The molecule has 0 spiro atoms. The Morgan fingerprint density at radius 3 is 2.57 bits per heavy atom. The van der Waals surface area contributed by atoms with Crippen LogP contribution in [-0.2, 0) is 4.79 Å². The van der Waals surface area contributed by atoms with E-state index < -0.39 is 24.1 Å². The minimum absolute atomic E-state index is 0.0524. The van der Waals surface area contributed by atoms with Crippen molar-refractivity contribution in [2.24, 2.45) is 0 Å². The van der Waals surface area contributed by atoms with E-state index in [-0.39, 0.29) is 18.5 Å². The minimum Gasteiger partial charge on any atom is -0.497 e. The first-order valence-corrected chi connectivity index (χ1v) is 6.35. The molecule has 1 heterocycles. The summed E-state index contributed by atoms with van der Waals surface area (Å²) in [5.74, 6) is -1.18. The second-order valence-corrected chi connectivity index (χ2v) is 4.81. The monoisotopic (exact) mass is 297 g/mol. The van der Waals surface area contributed by atoms with E-state index in [0.717, 1.165) is 0 Å². The number of amides is 1. The van der Waals surface area contributed by atoms with Crippen LogP contribution in [0.3, 0.4) is 0 Å². The number of carbonyl (C=O) groups is 2. The van der Waals surface area contributed by atoms with E-state index >= 15 is 0 Å². The Hall–Kier alpha value is -2.31. The molecule has 1 aliphatic heterocycles. The van der Waals surface area contributed by atoms with Crippen molar-refractivity contribution in [1.29, 1.82) is 0 Å². The second kappa shape index (κ2) is 5.59. The van der Waals surface area contributed by atoms with Gasteiger partial charge in [0.15, 0.2) is 0 Å². The number of carbonyl (C=O) groups excluding carboxylic acids is 1. The number of aliphatic carboxylic acids is 1. The number of nitrogens with zero attached hydrogens (tertiary/aromatic N) is 1. The molecule has 2 rings (SSSR count). The number of halogens is 1. The fraction of sp³-hybridized carbons (Fsp3) is 0.429. The van der Waals surface area contributed by atoms with Crippen LogP contribution in [0, 0.1) is 0 Å². The van der Waals surface area contributed by atoms with Gasteiger partial charge < -0.3 is 19.5 Å². The van der Waals surface area contributed by atoms with Crippen LogP contribution in [0.15, 0.2) is 18.2 Å². The molecule has 1 saturated heterocycles. The average Bonchev–Trinajstić information content (AvgIpc) is 2.89. The molecular formula is C14H16FNO5. The molecule has 7 heteroatoms. The van der Waals surface area contributed by atoms with E-state index in [1.165, 1.54) is 25.2 Å². The fourth-order valence-corrected chi connectivity index (χ4v) is 2.27. The SMILES string of the molecule is COc1ccc(C(=O)N2CCC(F)(C(=O)O)C2)c(OC)c1. The third-order valence-electron chi connectivity index (χ3n) is 3.53. The van der Waals surface area contributed by atoms with Gasteiger partial charge in [-0.2, -0.15) is 0 Å². The lowest BCUT2D eigenvalue weighted by Gasteiger charge is -2.19. The lowest BCUT2D eigenvalue weighted by Crippen LogP contribution is -2.39. The highest BCUT2D eigenvalue weighted by Crippen LogP contribution is 2.30. The Kier molecular flexibility index (Phi) is 4.02. The standard InChI is InChI=1S/C14H16FNO5/c1-20-9-3-4-10(11(7-9)21-2)12(17)16-6-5-14(15,8-16)13(18)19/h3-4,7H,5-6,8H2,1-2H3,(H,18,19). The number of ether oxygens (including phenoxy) is 2. The van der Waals surface area contributed by atoms with E-state index in [0.29, 0.717) is 11.5 Å². The van der Waals surface area contributed by atoms with Gasteiger partial charge in [0.05, 0.1) is 26.3 Å². The van der Waals surface area contributed by atoms with E-state index in [4.69, 9.17) is 14.6 Å². The number of rotatable bonds is 4. The number of hydrogen-bond donors (Lipinski definition) is 1. The van der Waals surface area contributed by atoms with Crippen molar-refractivity contribution in [1.82, 2.24) is 4.90 Å². The van der Waals surface area contributed by atoms with Crippen molar-refractivity contribution < 1.29 is 28.6 Å². The van der Waals surface area contributed by atoms with Gasteiger partial charge in [0, 0.05) is 19.0 Å². The van der Waals surface area contributed by atoms with Crippen LogP contribution in [0.4, 0.5) is 4.39 Å². The van der Waals surface area contributed by atoms with Crippen molar-refractivity contribution in [3.05, 3.63) is 23.8 Å². The summed E-state index contributed by atoms with van der Waals surface area (Å²) < 4.78 is 24.2. The summed E-state index contributed by atoms with van der Waals surface area (Å²) in [5.41, 5.74) is -2.14. The van der Waals surface area contributed by atoms with Crippen LogP contribution in [-0.4, -0.2) is 54.9 Å². The Morgan fingerprint density at radius 2 is 2.05 bits per heavy atom. The van der Waals surface area contributed by atoms with Crippen LogP contribution >= 0.6 is 0 Å². The van der Waals surface area contributed by atoms with Gasteiger partial charge in [-0.15, -0.1) is 0 Å². The maximum Gasteiger partial charge on any atom is 0.343 e. The number of hydrogen-bond acceptors (Lipinski definition) is 4. The highest BCUT2D eigenvalue weighted by atomic mass is 19.1. The summed E-state index contributed by atoms with van der Waals surface area (Å²) in [6, 6.07) is 4.65. The summed E-state index contributed by atoms with van der Waals surface area (Å²) in [6.45, 7) is -0.410. The molecule has 1 atom stereocenters. The van der Waals surface area contributed by atoms with Crippen molar-refractivity contribution >= 4 is 11.9 Å². The maximum atomic E-state index is 14.0. The van der Waals surface area contributed by atoms with Gasteiger partial charge >= 0.3 is 5.97 Å². The highest BCUT2D eigenvalue weighted by molar-refractivity contribution is 5.98. The predicted molar refractivity (Wildman–Crippen MR) is 71.5 cm³/mol. The smallest absolute Gasteiger partial charge is 0.343 e. The number of methoxy groups -OCH3 is 2. The molecule has 1 aromatic rings. The quantitative estimate of drug-likeness (QED) is 0.907. The lowest BCUT2D eigenvalue weighted by molar-refractivity contribution is -0.149. The van der Waals surface area contributed by atoms with Gasteiger partial charge in [0.1, 0.15) is 11.5 Å². The van der Waals surface area contributed by atoms with E-state index in [1.54, 1.807) is 12.1 Å². The topological polar surface area (TPSA) is 76.1 Å². The predicted octanol–water partition coefficient (Wildman–Crippen LogP) is 1.34. The van der Waals surface area contributed by atoms with Crippen molar-refractivity contribution in [3.63, 3.8) is 0 Å². The molecule has 1 N–H and O–H groups in total. The van der Waals surface area contributed by atoms with Crippen molar-refractivity contribution in [2.45, 2.75) is 12.1 Å². The highest BCUT2D eigenvalue weighted by Gasteiger charge is 2.47. The van der Waals surface area contributed by atoms with Gasteiger partial charge in [-0.1, -0.05) is 0 Å².